The summed E-state index contributed by atoms with van der Waals surface area (Å²) in [6, 6.07) is 6.75. The summed E-state index contributed by atoms with van der Waals surface area (Å²) < 4.78 is 1.34. The lowest BCUT2D eigenvalue weighted by Crippen LogP contribution is -2.29. The van der Waals surface area contributed by atoms with Crippen molar-refractivity contribution in [3.8, 4) is 0 Å². The number of nitrogens with zero attached hydrogens (tertiary/aromatic N) is 1. The van der Waals surface area contributed by atoms with Crippen LogP contribution in [0.4, 0.5) is 0 Å². The molecule has 2 nitrogen and oxygen atoms in total. The van der Waals surface area contributed by atoms with Crippen LogP contribution >= 0.6 is 11.3 Å². The Morgan fingerprint density at radius 2 is 2.39 bits per heavy atom. The average molecular weight is 260 g/mol. The van der Waals surface area contributed by atoms with Gasteiger partial charge in [-0.1, -0.05) is 6.07 Å². The van der Waals surface area contributed by atoms with E-state index in [4.69, 9.17) is 0 Å². The molecule has 1 aliphatic rings. The summed E-state index contributed by atoms with van der Waals surface area (Å²) in [5, 5.41) is 4.66. The van der Waals surface area contributed by atoms with Gasteiger partial charge in [0.15, 0.2) is 0 Å². The van der Waals surface area contributed by atoms with Crippen molar-refractivity contribution in [3.05, 3.63) is 28.8 Å². The lowest BCUT2D eigenvalue weighted by Gasteiger charge is -2.22. The minimum absolute atomic E-state index is 0.873. The van der Waals surface area contributed by atoms with Gasteiger partial charge in [0.2, 0.25) is 0 Å². The van der Waals surface area contributed by atoms with Crippen molar-refractivity contribution in [1.29, 1.82) is 0 Å². The van der Waals surface area contributed by atoms with Gasteiger partial charge >= 0.3 is 0 Å². The van der Waals surface area contributed by atoms with E-state index < -0.39 is 0 Å². The maximum absolute atomic E-state index is 4.51. The van der Waals surface area contributed by atoms with Gasteiger partial charge in [-0.25, -0.2) is 4.98 Å². The molecule has 0 amide bonds. The highest BCUT2D eigenvalue weighted by atomic mass is 32.1. The molecule has 1 aromatic carbocycles. The summed E-state index contributed by atoms with van der Waals surface area (Å²) in [4.78, 5) is 4.51. The normalized spacial score (nSPS) is 20.4. The smallest absolute Gasteiger partial charge is 0.0907 e. The molecule has 2 heterocycles. The van der Waals surface area contributed by atoms with Gasteiger partial charge < -0.3 is 5.32 Å². The highest BCUT2D eigenvalue weighted by Crippen LogP contribution is 2.24. The maximum atomic E-state index is 4.51. The van der Waals surface area contributed by atoms with E-state index in [1.54, 1.807) is 11.3 Å². The van der Waals surface area contributed by atoms with E-state index in [9.17, 15) is 0 Å². The van der Waals surface area contributed by atoms with Gasteiger partial charge in [0.05, 0.1) is 15.2 Å². The second kappa shape index (κ2) is 5.37. The predicted octanol–water partition coefficient (Wildman–Crippen LogP) is 3.54. The van der Waals surface area contributed by atoms with E-state index in [0.717, 1.165) is 11.4 Å². The molecule has 1 saturated heterocycles. The number of nitrogens with one attached hydrogen (secondary N) is 1. The molecule has 1 atom stereocenters. The van der Waals surface area contributed by atoms with E-state index in [2.05, 4.69) is 35.4 Å². The zero-order valence-electron chi connectivity index (χ0n) is 10.9. The third-order valence-corrected chi connectivity index (χ3v) is 4.73. The number of benzene rings is 1. The fourth-order valence-electron chi connectivity index (χ4n) is 2.78. The van der Waals surface area contributed by atoms with Gasteiger partial charge in [-0.2, -0.15) is 0 Å². The fraction of sp³-hybridized carbons (Fsp3) is 0.533. The summed E-state index contributed by atoms with van der Waals surface area (Å²) in [5.41, 5.74) is 2.62. The first-order chi connectivity index (χ1) is 8.81. The maximum Gasteiger partial charge on any atom is 0.0907 e. The Morgan fingerprint density at radius 3 is 3.22 bits per heavy atom. The Morgan fingerprint density at radius 1 is 1.44 bits per heavy atom. The van der Waals surface area contributed by atoms with Crippen LogP contribution in [0.3, 0.4) is 0 Å². The second-order valence-electron chi connectivity index (χ2n) is 5.29. The van der Waals surface area contributed by atoms with Crippen LogP contribution < -0.4 is 5.32 Å². The van der Waals surface area contributed by atoms with Crippen LogP contribution in [0, 0.1) is 12.8 Å². The topological polar surface area (TPSA) is 24.9 Å². The summed E-state index contributed by atoms with van der Waals surface area (Å²) in [6.45, 7) is 4.50. The third-order valence-electron chi connectivity index (χ3n) is 3.80. The van der Waals surface area contributed by atoms with Crippen LogP contribution in [0.2, 0.25) is 0 Å². The van der Waals surface area contributed by atoms with Gasteiger partial charge in [0, 0.05) is 0 Å². The molecule has 2 aromatic rings. The number of fused-ring (bicyclic) bond motifs is 1. The highest BCUT2D eigenvalue weighted by molar-refractivity contribution is 7.18. The molecular weight excluding hydrogens is 240 g/mol. The minimum atomic E-state index is 0.873. The number of hydrogen-bond donors (Lipinski definition) is 1. The molecule has 3 rings (SSSR count). The molecule has 3 heteroatoms. The number of rotatable bonds is 3. The van der Waals surface area contributed by atoms with Gasteiger partial charge in [-0.15, -0.1) is 11.3 Å². The highest BCUT2D eigenvalue weighted by Gasteiger charge is 2.12. The first-order valence-corrected chi connectivity index (χ1v) is 7.70. The second-order valence-corrected chi connectivity index (χ2v) is 6.52. The number of piperidine rings is 1. The first kappa shape index (κ1) is 12.1. The number of aryl methyl sites for hydroxylation is 2. The molecule has 0 aliphatic carbocycles. The molecule has 1 N–H and O–H groups in total. The molecule has 0 saturated carbocycles. The van der Waals surface area contributed by atoms with Crippen molar-refractivity contribution in [1.82, 2.24) is 10.3 Å². The lowest BCUT2D eigenvalue weighted by molar-refractivity contribution is 0.358. The Bertz CT molecular complexity index is 526. The van der Waals surface area contributed by atoms with E-state index in [0.29, 0.717) is 0 Å². The quantitative estimate of drug-likeness (QED) is 0.913. The van der Waals surface area contributed by atoms with Gasteiger partial charge in [0.25, 0.3) is 0 Å². The van der Waals surface area contributed by atoms with Crippen LogP contribution in [0.25, 0.3) is 10.2 Å². The van der Waals surface area contributed by atoms with Crippen molar-refractivity contribution >= 4 is 21.6 Å². The van der Waals surface area contributed by atoms with Gasteiger partial charge in [0.1, 0.15) is 0 Å². The molecule has 1 unspecified atom stereocenters. The Labute approximate surface area is 112 Å². The largest absolute Gasteiger partial charge is 0.316 e. The standard InChI is InChI=1S/C15H20N2S/c1-11-17-14-7-6-12(9-15(14)18-11)4-5-13-3-2-8-16-10-13/h6-7,9,13,16H,2-5,8,10H2,1H3. The van der Waals surface area contributed by atoms with E-state index in [-0.39, 0.29) is 0 Å². The summed E-state index contributed by atoms with van der Waals surface area (Å²) in [7, 11) is 0. The molecule has 0 spiro atoms. The molecule has 96 valence electrons. The molecule has 1 aliphatic heterocycles. The summed E-state index contributed by atoms with van der Waals surface area (Å²) in [6.07, 6.45) is 5.27. The van der Waals surface area contributed by atoms with Crippen molar-refractivity contribution in [2.45, 2.75) is 32.6 Å². The Kier molecular flexibility index (Phi) is 3.62. The zero-order valence-corrected chi connectivity index (χ0v) is 11.7. The van der Waals surface area contributed by atoms with Crippen molar-refractivity contribution < 1.29 is 0 Å². The molecule has 1 aromatic heterocycles. The molecule has 0 bridgehead atoms. The molecule has 0 radical (unpaired) electrons. The lowest BCUT2D eigenvalue weighted by atomic mass is 9.93. The molecule has 1 fully saturated rings. The van der Waals surface area contributed by atoms with Crippen molar-refractivity contribution in [2.24, 2.45) is 5.92 Å². The monoisotopic (exact) mass is 260 g/mol. The van der Waals surface area contributed by atoms with Crippen LogP contribution in [-0.4, -0.2) is 18.1 Å². The van der Waals surface area contributed by atoms with Crippen LogP contribution in [0.5, 0.6) is 0 Å². The van der Waals surface area contributed by atoms with Crippen LogP contribution in [-0.2, 0) is 6.42 Å². The zero-order chi connectivity index (χ0) is 12.4. The fourth-order valence-corrected chi connectivity index (χ4v) is 3.67. The van der Waals surface area contributed by atoms with Crippen LogP contribution in [0.1, 0.15) is 29.8 Å². The molecular formula is C15H20N2S. The Balaban J connectivity index is 1.66. The van der Waals surface area contributed by atoms with E-state index in [1.807, 2.05) is 0 Å². The van der Waals surface area contributed by atoms with Gasteiger partial charge in [-0.3, -0.25) is 0 Å². The van der Waals surface area contributed by atoms with E-state index in [1.165, 1.54) is 54.0 Å². The average Bonchev–Trinajstić information content (AvgIpc) is 2.77. The van der Waals surface area contributed by atoms with E-state index >= 15 is 0 Å². The number of hydrogen-bond acceptors (Lipinski definition) is 3. The number of thiazole rings is 1. The summed E-state index contributed by atoms with van der Waals surface area (Å²) in [5.74, 6) is 0.873. The molecule has 18 heavy (non-hydrogen) atoms. The van der Waals surface area contributed by atoms with Crippen molar-refractivity contribution in [3.63, 3.8) is 0 Å². The van der Waals surface area contributed by atoms with Crippen LogP contribution in [0.15, 0.2) is 18.2 Å². The SMILES string of the molecule is Cc1nc2ccc(CCC3CCCNC3)cc2s1. The summed E-state index contributed by atoms with van der Waals surface area (Å²) >= 11 is 1.80. The van der Waals surface area contributed by atoms with Gasteiger partial charge in [-0.05, 0) is 69.3 Å². The first-order valence-electron chi connectivity index (χ1n) is 6.88. The minimum Gasteiger partial charge on any atom is -0.316 e. The predicted molar refractivity (Wildman–Crippen MR) is 78.3 cm³/mol. The number of aromatic nitrogens is 1. The Hall–Kier alpha value is -0.930. The van der Waals surface area contributed by atoms with Crippen molar-refractivity contribution in [2.75, 3.05) is 13.1 Å². The third kappa shape index (κ3) is 2.73.